The molecule has 3 aliphatic rings. The number of hydrogen-bond donors (Lipinski definition) is 10. The number of ketones is 2. The molecule has 33 nitrogen and oxygen atoms in total. The Hall–Kier alpha value is -12.0. The number of Topliss-reactive ketones (excluding diaryl/α,β-unsaturated/α-hetero) is 2. The summed E-state index contributed by atoms with van der Waals surface area (Å²) >= 11 is 0. The van der Waals surface area contributed by atoms with Gasteiger partial charge in [-0.1, -0.05) is 145 Å². The standard InChI is InChI=1S/C89H113N7O19S2.2CO2.O3S/c1-7-9-23-53-96-76-45-42-69(117(112,113)114)58-71(76)89(5,6)79(96)47-38-64-31-24-30-63(37-46-78-88(3,4)70-57-68(116(109,110)111)41-44-75(70)95(78)52-10-8-2)83(64)115-67-39-35-60(36-40-67)49-51-90-81(100)59-74(86(106)107)93-84(103)65(54-61-26-17-15-18-27-61)56-77(98)73(55-62-28-19-16-20-29-62)92-80(99)34-22-14-12-11-13-21-32-66(97)33-25-50-91-87(108)94-72(85(104)105)43-48-82(101)102;2*2-1-3;1-4(2)3/h15-20,26-29,35-42,44-47,57-58,65,72-74H,7-14,21-25,30-34,43,48-56,59H2,1-6H3,(H9-,90,91,92,93,94,99,100,101,102,103,104,105,106,107,108,109,110,111,112,113,114);;;/p+1/t65-,72-,73+,74+;;;/m1.../s1. The molecule has 0 radical (unpaired) electrons. The number of urea groups is 1. The molecule has 0 aromatic heterocycles. The van der Waals surface area contributed by atoms with Gasteiger partial charge >= 0.3 is 46.9 Å². The third-order valence-corrected chi connectivity index (χ3v) is 23.4. The SMILES string of the molecule is CCCCC[N+]1=C(/C=C/C2=C(Oc3ccc(CCNC(=O)C[C@H](NC(=O)[C@@H](CC(=O)[C@H](Cc4ccccc4)NC(=O)CCCCCCCCC(=O)CCCNC(=O)N[C@H](CCC(=O)O)C(=O)O)Cc4ccccc4)C(=O)O)cc3)C(=C/C=C3/N(CCCC)c4ccc(S(=O)(=O)O)cc4C3(C)C)/CCC2)C(C)(C)c2cc(S(=O)(=O)O)ccc21.O=C=O.O=C=O.O=S(=O)=O. The molecule has 2 aliphatic heterocycles. The molecule has 0 unspecified atom stereocenters. The predicted octanol–water partition coefficient (Wildman–Crippen LogP) is 11.3. The maximum atomic E-state index is 14.5. The van der Waals surface area contributed by atoms with E-state index >= 15 is 0 Å². The number of hydrogen-bond acceptors (Lipinski definition) is 22. The van der Waals surface area contributed by atoms with Crippen LogP contribution in [0.3, 0.4) is 0 Å². The van der Waals surface area contributed by atoms with Gasteiger partial charge in [-0.05, 0) is 179 Å². The Bertz CT molecular complexity index is 5230. The number of carboxylic acids is 3. The van der Waals surface area contributed by atoms with Crippen molar-refractivity contribution < 1.29 is 126 Å². The normalized spacial score (nSPS) is 15.1. The van der Waals surface area contributed by atoms with E-state index in [0.29, 0.717) is 81.5 Å². The molecule has 5 aromatic carbocycles. The van der Waals surface area contributed by atoms with Gasteiger partial charge in [0, 0.05) is 98.6 Å². The highest BCUT2D eigenvalue weighted by Crippen LogP contribution is 2.49. The number of unbranched alkanes of at least 4 members (excludes halogenated alkanes) is 8. The molecule has 5 aromatic rings. The number of rotatable bonds is 48. The molecular formula is C91H114N7O26S3+. The maximum absolute atomic E-state index is 14.5. The first-order valence-corrected chi connectivity index (χ1v) is 45.8. The van der Waals surface area contributed by atoms with Crippen LogP contribution in [0.25, 0.3) is 0 Å². The first-order valence-electron chi connectivity index (χ1n) is 42.0. The van der Waals surface area contributed by atoms with Crippen LogP contribution in [0.5, 0.6) is 5.75 Å². The highest BCUT2D eigenvalue weighted by atomic mass is 32.2. The maximum Gasteiger partial charge on any atom is 0.425 e. The Balaban J connectivity index is 0.00000272. The Morgan fingerprint density at radius 3 is 1.72 bits per heavy atom. The minimum absolute atomic E-state index is 0.0132. The molecule has 0 bridgehead atoms. The van der Waals surface area contributed by atoms with Gasteiger partial charge in [0.15, 0.2) is 11.5 Å². The van der Waals surface area contributed by atoms with E-state index in [-0.39, 0.29) is 85.4 Å². The first-order chi connectivity index (χ1) is 60.2. The summed E-state index contributed by atoms with van der Waals surface area (Å²) in [5.74, 6) is -6.19. The Labute approximate surface area is 741 Å². The summed E-state index contributed by atoms with van der Waals surface area (Å²) in [7, 11) is -12.1. The van der Waals surface area contributed by atoms with Crippen LogP contribution >= 0.6 is 0 Å². The van der Waals surface area contributed by atoms with Gasteiger partial charge in [-0.25, -0.2) is 14.4 Å². The number of anilines is 1. The smallest absolute Gasteiger partial charge is 0.425 e. The molecule has 10 N–H and O–H groups in total. The monoisotopic (exact) mass is 1820 g/mol. The lowest BCUT2D eigenvalue weighted by molar-refractivity contribution is -0.438. The third kappa shape index (κ3) is 35.0. The zero-order valence-corrected chi connectivity index (χ0v) is 74.5. The number of nitrogens with one attached hydrogen (secondary N) is 5. The molecule has 36 heteroatoms. The summed E-state index contributed by atoms with van der Waals surface area (Å²) in [6.07, 6.45) is 19.5. The molecule has 4 atom stereocenters. The summed E-state index contributed by atoms with van der Waals surface area (Å²) in [4.78, 5) is 150. The van der Waals surface area contributed by atoms with Crippen LogP contribution < -0.4 is 36.2 Å². The van der Waals surface area contributed by atoms with Gasteiger partial charge in [0.1, 0.15) is 35.9 Å². The van der Waals surface area contributed by atoms with Crippen LogP contribution in [0.4, 0.5) is 16.2 Å². The number of nitrogens with zero attached hydrogens (tertiary/aromatic N) is 2. The Morgan fingerprint density at radius 2 is 1.13 bits per heavy atom. The minimum Gasteiger partial charge on any atom is -0.481 e. The molecular weight excluding hydrogens is 1700 g/mol. The van der Waals surface area contributed by atoms with E-state index in [9.17, 15) is 79.3 Å². The fraction of sp³-hybridized carbons (Fsp3) is 0.451. The van der Waals surface area contributed by atoms with Gasteiger partial charge in [0.25, 0.3) is 20.2 Å². The van der Waals surface area contributed by atoms with Crippen LogP contribution in [-0.2, 0) is 118 Å². The minimum atomic E-state index is -4.50. The van der Waals surface area contributed by atoms with Gasteiger partial charge in [-0.15, -0.1) is 12.6 Å². The van der Waals surface area contributed by atoms with Crippen molar-refractivity contribution in [1.82, 2.24) is 26.6 Å². The average Bonchev–Trinajstić information content (AvgIpc) is 1.59. The van der Waals surface area contributed by atoms with Crippen molar-refractivity contribution in [1.29, 1.82) is 0 Å². The predicted molar refractivity (Wildman–Crippen MR) is 465 cm³/mol. The van der Waals surface area contributed by atoms with Gasteiger partial charge in [0.2, 0.25) is 23.4 Å². The van der Waals surface area contributed by atoms with Crippen molar-refractivity contribution in [2.75, 3.05) is 31.1 Å². The third-order valence-electron chi connectivity index (χ3n) is 21.7. The van der Waals surface area contributed by atoms with E-state index in [4.69, 9.17) is 41.6 Å². The van der Waals surface area contributed by atoms with Crippen LogP contribution in [0.1, 0.15) is 211 Å². The molecule has 127 heavy (non-hydrogen) atoms. The van der Waals surface area contributed by atoms with E-state index in [1.165, 1.54) is 12.1 Å². The molecule has 0 saturated carbocycles. The second-order valence-corrected chi connectivity index (χ2v) is 35.0. The highest BCUT2D eigenvalue weighted by Gasteiger charge is 2.46. The van der Waals surface area contributed by atoms with Crippen molar-refractivity contribution in [2.24, 2.45) is 5.92 Å². The van der Waals surface area contributed by atoms with E-state index in [2.05, 4.69) is 74.2 Å². The van der Waals surface area contributed by atoms with Crippen molar-refractivity contribution >= 4 is 113 Å². The molecule has 2 heterocycles. The number of carboxylic acid groups (broad SMARTS) is 3. The zero-order valence-electron chi connectivity index (χ0n) is 72.1. The fourth-order valence-corrected chi connectivity index (χ4v) is 16.2. The molecule has 8 rings (SSSR count). The zero-order chi connectivity index (χ0) is 94.0. The largest absolute Gasteiger partial charge is 0.481 e. The van der Waals surface area contributed by atoms with E-state index < -0.39 is 120 Å². The van der Waals surface area contributed by atoms with E-state index in [1.54, 1.807) is 54.6 Å². The number of amides is 5. The second-order valence-electron chi connectivity index (χ2n) is 31.8. The topological polar surface area (TPSA) is 518 Å². The summed E-state index contributed by atoms with van der Waals surface area (Å²) in [6, 6.07) is 30.0. The summed E-state index contributed by atoms with van der Waals surface area (Å²) < 4.78 is 105. The fourth-order valence-electron chi connectivity index (χ4n) is 15.2. The van der Waals surface area contributed by atoms with Crippen LogP contribution in [0.15, 0.2) is 178 Å². The number of carbonyl (C=O) groups excluding carboxylic acids is 10. The van der Waals surface area contributed by atoms with Gasteiger partial charge in [-0.2, -0.15) is 40.6 Å². The quantitative estimate of drug-likeness (QED) is 0.00982. The second kappa shape index (κ2) is 52.8. The lowest BCUT2D eigenvalue weighted by Crippen LogP contribution is -2.48. The number of carbonyl (C=O) groups is 9. The molecule has 0 saturated heterocycles. The summed E-state index contributed by atoms with van der Waals surface area (Å²) in [6.45, 7) is 13.9. The molecule has 0 spiro atoms. The van der Waals surface area contributed by atoms with Crippen molar-refractivity contribution in [2.45, 2.75) is 241 Å². The van der Waals surface area contributed by atoms with Gasteiger partial charge in [0.05, 0.1) is 27.7 Å². The number of aliphatic carboxylic acids is 3. The van der Waals surface area contributed by atoms with E-state index in [0.717, 1.165) is 114 Å². The lowest BCUT2D eigenvalue weighted by atomic mass is 9.81. The summed E-state index contributed by atoms with van der Waals surface area (Å²) in [5, 5.41) is 41.6. The van der Waals surface area contributed by atoms with Crippen LogP contribution in [-0.4, -0.2) is 174 Å². The highest BCUT2D eigenvalue weighted by molar-refractivity contribution is 7.86. The Kier molecular flexibility index (Phi) is 43.9. The molecule has 5 amide bonds. The summed E-state index contributed by atoms with van der Waals surface area (Å²) in [5.41, 5.74) is 7.76. The van der Waals surface area contributed by atoms with Crippen molar-refractivity contribution in [3.8, 4) is 5.75 Å². The molecule has 1 aliphatic carbocycles. The van der Waals surface area contributed by atoms with E-state index in [1.807, 2.05) is 82.3 Å². The molecule has 0 fully saturated rings. The van der Waals surface area contributed by atoms with Crippen molar-refractivity contribution in [3.05, 3.63) is 196 Å². The lowest BCUT2D eigenvalue weighted by Gasteiger charge is -2.27. The Morgan fingerprint density at radius 1 is 0.567 bits per heavy atom. The van der Waals surface area contributed by atoms with Crippen molar-refractivity contribution in [3.63, 3.8) is 0 Å². The number of fused-ring (bicyclic) bond motifs is 2. The molecule has 686 valence electrons. The first kappa shape index (κ1) is 105. The number of ether oxygens (including phenoxy) is 1. The van der Waals surface area contributed by atoms with Crippen LogP contribution in [0.2, 0.25) is 0 Å². The average molecular weight is 1820 g/mol. The number of benzene rings is 5. The van der Waals surface area contributed by atoms with Gasteiger partial charge in [-0.3, -0.25) is 37.9 Å². The number of allylic oxidation sites excluding steroid dienone is 7. The van der Waals surface area contributed by atoms with Gasteiger partial charge < -0.3 is 51.5 Å². The van der Waals surface area contributed by atoms with Crippen LogP contribution in [0, 0.1) is 5.92 Å².